The smallest absolute Gasteiger partial charge is 0.234 e. The summed E-state index contributed by atoms with van der Waals surface area (Å²) in [4.78, 5) is 13.7. The summed E-state index contributed by atoms with van der Waals surface area (Å²) in [5, 5.41) is 0.247. The minimum Gasteiger partial charge on any atom is -0.318 e. The lowest BCUT2D eigenvalue weighted by molar-refractivity contribution is 0.681. The first kappa shape index (κ1) is 11.6. The van der Waals surface area contributed by atoms with Crippen molar-refractivity contribution in [1.29, 1.82) is 0 Å². The summed E-state index contributed by atoms with van der Waals surface area (Å²) >= 11 is 11.5. The maximum absolute atomic E-state index is 5.74. The number of aromatic nitrogens is 3. The minimum absolute atomic E-state index is 0.123. The van der Waals surface area contributed by atoms with Crippen molar-refractivity contribution in [2.75, 3.05) is 11.9 Å². The van der Waals surface area contributed by atoms with Crippen LogP contribution in [0.2, 0.25) is 10.6 Å². The fourth-order valence-corrected chi connectivity index (χ4v) is 2.07. The Kier molecular flexibility index (Phi) is 3.61. The molecule has 1 aliphatic carbocycles. The van der Waals surface area contributed by atoms with Crippen LogP contribution in [0.4, 0.5) is 5.95 Å². The summed E-state index contributed by atoms with van der Waals surface area (Å²) in [6.07, 6.45) is 6.79. The zero-order valence-corrected chi connectivity index (χ0v) is 10.5. The third-order valence-corrected chi connectivity index (χ3v) is 2.90. The first-order valence-electron chi connectivity index (χ1n) is 5.16. The molecule has 0 N–H and O–H groups in total. The molecule has 1 heterocycles. The summed E-state index contributed by atoms with van der Waals surface area (Å²) in [6, 6.07) is 0. The maximum Gasteiger partial charge on any atom is 0.234 e. The molecule has 0 atom stereocenters. The molecule has 0 bridgehead atoms. The number of rotatable bonds is 2. The van der Waals surface area contributed by atoms with Crippen molar-refractivity contribution >= 4 is 29.2 Å². The van der Waals surface area contributed by atoms with E-state index >= 15 is 0 Å². The highest BCUT2D eigenvalue weighted by Crippen LogP contribution is 2.23. The molecule has 1 aromatic heterocycles. The molecular weight excluding hydrogens is 247 g/mol. The van der Waals surface area contributed by atoms with Gasteiger partial charge in [-0.15, -0.1) is 0 Å². The average Bonchev–Trinajstić information content (AvgIpc) is 2.28. The van der Waals surface area contributed by atoms with Gasteiger partial charge in [0.2, 0.25) is 16.5 Å². The van der Waals surface area contributed by atoms with E-state index in [-0.39, 0.29) is 10.6 Å². The number of anilines is 1. The van der Waals surface area contributed by atoms with Crippen molar-refractivity contribution in [3.8, 4) is 0 Å². The molecule has 0 fully saturated rings. The normalized spacial score (nSPS) is 15.8. The molecule has 0 aromatic carbocycles. The van der Waals surface area contributed by atoms with E-state index in [1.807, 2.05) is 11.9 Å². The van der Waals surface area contributed by atoms with Gasteiger partial charge in [0.25, 0.3) is 0 Å². The number of halogens is 2. The summed E-state index contributed by atoms with van der Waals surface area (Å²) in [5.41, 5.74) is 1.21. The van der Waals surface area contributed by atoms with Crippen LogP contribution in [0.3, 0.4) is 0 Å². The second-order valence-corrected chi connectivity index (χ2v) is 4.35. The van der Waals surface area contributed by atoms with E-state index in [0.717, 1.165) is 12.8 Å². The number of hydrogen-bond acceptors (Lipinski definition) is 4. The van der Waals surface area contributed by atoms with Crippen LogP contribution in [-0.2, 0) is 0 Å². The van der Waals surface area contributed by atoms with Crippen LogP contribution >= 0.6 is 23.2 Å². The minimum atomic E-state index is 0.123. The molecule has 16 heavy (non-hydrogen) atoms. The van der Waals surface area contributed by atoms with Crippen LogP contribution in [0, 0.1) is 0 Å². The fraction of sp³-hybridized carbons (Fsp3) is 0.500. The second-order valence-electron chi connectivity index (χ2n) is 3.67. The van der Waals surface area contributed by atoms with Gasteiger partial charge < -0.3 is 4.90 Å². The molecule has 2 rings (SSSR count). The van der Waals surface area contributed by atoms with Crippen molar-refractivity contribution in [3.05, 3.63) is 22.3 Å². The van der Waals surface area contributed by atoms with E-state index in [9.17, 15) is 0 Å². The molecule has 0 aliphatic heterocycles. The molecule has 0 amide bonds. The first-order chi connectivity index (χ1) is 7.66. The van der Waals surface area contributed by atoms with Crippen molar-refractivity contribution in [2.24, 2.45) is 0 Å². The highest BCUT2D eigenvalue weighted by Gasteiger charge is 2.14. The standard InChI is InChI=1S/C10H12Cl2N4/c1-16(7-5-3-2-4-6-7)10-14-8(11)13-9(12)15-10/h5H,2-4,6H2,1H3. The lowest BCUT2D eigenvalue weighted by Crippen LogP contribution is -2.20. The Morgan fingerprint density at radius 2 is 1.81 bits per heavy atom. The Balaban J connectivity index is 2.25. The van der Waals surface area contributed by atoms with E-state index in [1.165, 1.54) is 18.5 Å². The van der Waals surface area contributed by atoms with Crippen LogP contribution < -0.4 is 4.90 Å². The molecule has 0 spiro atoms. The van der Waals surface area contributed by atoms with Gasteiger partial charge in [-0.3, -0.25) is 0 Å². The molecule has 86 valence electrons. The van der Waals surface area contributed by atoms with Crippen molar-refractivity contribution in [2.45, 2.75) is 25.7 Å². The molecule has 0 saturated heterocycles. The number of hydrogen-bond donors (Lipinski definition) is 0. The summed E-state index contributed by atoms with van der Waals surface area (Å²) in [7, 11) is 1.92. The molecular formula is C10H12Cl2N4. The third-order valence-electron chi connectivity index (χ3n) is 2.57. The van der Waals surface area contributed by atoms with E-state index < -0.39 is 0 Å². The van der Waals surface area contributed by atoms with Gasteiger partial charge in [-0.2, -0.15) is 15.0 Å². The molecule has 6 heteroatoms. The molecule has 1 aliphatic rings. The third kappa shape index (κ3) is 2.62. The van der Waals surface area contributed by atoms with E-state index in [0.29, 0.717) is 5.95 Å². The van der Waals surface area contributed by atoms with Crippen LogP contribution in [-0.4, -0.2) is 22.0 Å². The van der Waals surface area contributed by atoms with Gasteiger partial charge in [0.1, 0.15) is 0 Å². The number of allylic oxidation sites excluding steroid dienone is 2. The largest absolute Gasteiger partial charge is 0.318 e. The van der Waals surface area contributed by atoms with Crippen LogP contribution in [0.1, 0.15) is 25.7 Å². The quantitative estimate of drug-likeness (QED) is 0.818. The van der Waals surface area contributed by atoms with Gasteiger partial charge in [0.15, 0.2) is 0 Å². The first-order valence-corrected chi connectivity index (χ1v) is 5.92. The van der Waals surface area contributed by atoms with Crippen molar-refractivity contribution in [1.82, 2.24) is 15.0 Å². The Hall–Kier alpha value is -0.870. The van der Waals surface area contributed by atoms with Crippen molar-refractivity contribution in [3.63, 3.8) is 0 Å². The summed E-state index contributed by atoms with van der Waals surface area (Å²) in [5.74, 6) is 0.498. The van der Waals surface area contributed by atoms with Crippen LogP contribution in [0.25, 0.3) is 0 Å². The van der Waals surface area contributed by atoms with Gasteiger partial charge in [0.05, 0.1) is 0 Å². The van der Waals surface area contributed by atoms with E-state index in [1.54, 1.807) is 0 Å². The maximum atomic E-state index is 5.74. The zero-order chi connectivity index (χ0) is 11.5. The molecule has 0 radical (unpaired) electrons. The summed E-state index contributed by atoms with van der Waals surface area (Å²) < 4.78 is 0. The fourth-order valence-electron chi connectivity index (χ4n) is 1.72. The second kappa shape index (κ2) is 4.97. The molecule has 0 saturated carbocycles. The van der Waals surface area contributed by atoms with Gasteiger partial charge in [0, 0.05) is 12.7 Å². The highest BCUT2D eigenvalue weighted by molar-refractivity contribution is 6.31. The predicted octanol–water partition coefficient (Wildman–Crippen LogP) is 3.07. The Morgan fingerprint density at radius 1 is 1.12 bits per heavy atom. The van der Waals surface area contributed by atoms with Crippen molar-refractivity contribution < 1.29 is 0 Å². The van der Waals surface area contributed by atoms with Gasteiger partial charge in [-0.25, -0.2) is 0 Å². The summed E-state index contributed by atoms with van der Waals surface area (Å²) in [6.45, 7) is 0. The highest BCUT2D eigenvalue weighted by atomic mass is 35.5. The molecule has 4 nitrogen and oxygen atoms in total. The molecule has 1 aromatic rings. The molecule has 0 unspecified atom stereocenters. The average molecular weight is 259 g/mol. The lowest BCUT2D eigenvalue weighted by atomic mass is 10.0. The van der Waals surface area contributed by atoms with Gasteiger partial charge >= 0.3 is 0 Å². The van der Waals surface area contributed by atoms with E-state index in [2.05, 4.69) is 21.0 Å². The van der Waals surface area contributed by atoms with E-state index in [4.69, 9.17) is 23.2 Å². The van der Waals surface area contributed by atoms with Gasteiger partial charge in [-0.1, -0.05) is 6.08 Å². The SMILES string of the molecule is CN(C1=CCCCC1)c1nc(Cl)nc(Cl)n1. The Labute approximate surface area is 104 Å². The predicted molar refractivity (Wildman–Crippen MR) is 64.8 cm³/mol. The zero-order valence-electron chi connectivity index (χ0n) is 8.95. The number of nitrogens with zero attached hydrogens (tertiary/aromatic N) is 4. The lowest BCUT2D eigenvalue weighted by Gasteiger charge is -2.23. The monoisotopic (exact) mass is 258 g/mol. The van der Waals surface area contributed by atoms with Crippen LogP contribution in [0.5, 0.6) is 0 Å². The van der Waals surface area contributed by atoms with Crippen LogP contribution in [0.15, 0.2) is 11.8 Å². The Morgan fingerprint density at radius 3 is 2.38 bits per heavy atom. The van der Waals surface area contributed by atoms with Gasteiger partial charge in [-0.05, 0) is 48.9 Å². The topological polar surface area (TPSA) is 41.9 Å². The Bertz CT molecular complexity index is 399.